The molecule has 2 rings (SSSR count). The van der Waals surface area contributed by atoms with Gasteiger partial charge in [0.25, 0.3) is 0 Å². The maximum Gasteiger partial charge on any atom is 0.310 e. The Morgan fingerprint density at radius 2 is 2.24 bits per heavy atom. The quantitative estimate of drug-likeness (QED) is 0.437. The van der Waals surface area contributed by atoms with Gasteiger partial charge in [0.15, 0.2) is 0 Å². The Bertz CT molecular complexity index is 606. The van der Waals surface area contributed by atoms with Gasteiger partial charge in [-0.05, 0) is 38.4 Å². The van der Waals surface area contributed by atoms with Crippen molar-refractivity contribution in [3.05, 3.63) is 36.9 Å². The van der Waals surface area contributed by atoms with Crippen LogP contribution in [0.3, 0.4) is 0 Å². The molecule has 0 bridgehead atoms. The minimum atomic E-state index is -0.154. The molecule has 0 aromatic heterocycles. The Hall–Kier alpha value is -1.79. The van der Waals surface area contributed by atoms with E-state index in [1.807, 2.05) is 42.2 Å². The van der Waals surface area contributed by atoms with Crippen molar-refractivity contribution in [2.24, 2.45) is 5.92 Å². The number of anilines is 1. The van der Waals surface area contributed by atoms with Crippen LogP contribution in [0.15, 0.2) is 41.8 Å². The highest BCUT2D eigenvalue weighted by Crippen LogP contribution is 2.27. The molecule has 6 heteroatoms. The topological polar surface area (TPSA) is 58.6 Å². The number of rotatable bonds is 8. The lowest BCUT2D eigenvalue weighted by atomic mass is 9.98. The highest BCUT2D eigenvalue weighted by Gasteiger charge is 2.27. The molecule has 1 heterocycles. The third-order valence-corrected chi connectivity index (χ3v) is 5.08. The molecule has 5 nitrogen and oxygen atoms in total. The fourth-order valence-corrected chi connectivity index (χ4v) is 3.64. The van der Waals surface area contributed by atoms with Crippen molar-refractivity contribution in [2.75, 3.05) is 37.3 Å². The molecule has 1 N–H and O–H groups in total. The molecule has 1 atom stereocenters. The SMILES string of the molecule is C=CCSc1ccccc1NC(=O)CN1CCC[C@@H](C(=O)OCC)C1. The molecule has 0 spiro atoms. The van der Waals surface area contributed by atoms with Crippen LogP contribution in [0.1, 0.15) is 19.8 Å². The smallest absolute Gasteiger partial charge is 0.310 e. The van der Waals surface area contributed by atoms with Gasteiger partial charge in [0.05, 0.1) is 24.8 Å². The fraction of sp³-hybridized carbons (Fsp3) is 0.474. The maximum atomic E-state index is 12.4. The zero-order valence-corrected chi connectivity index (χ0v) is 15.5. The molecule has 0 radical (unpaired) electrons. The molecule has 1 aromatic rings. The summed E-state index contributed by atoms with van der Waals surface area (Å²) in [5, 5.41) is 2.98. The summed E-state index contributed by atoms with van der Waals surface area (Å²) in [5.74, 6) is 0.451. The summed E-state index contributed by atoms with van der Waals surface area (Å²) in [6, 6.07) is 7.75. The summed E-state index contributed by atoms with van der Waals surface area (Å²) < 4.78 is 5.11. The van der Waals surface area contributed by atoms with E-state index >= 15 is 0 Å². The first-order valence-corrected chi connectivity index (χ1v) is 9.64. The largest absolute Gasteiger partial charge is 0.466 e. The van der Waals surface area contributed by atoms with Crippen molar-refractivity contribution in [1.29, 1.82) is 0 Å². The van der Waals surface area contributed by atoms with Crippen LogP contribution in [-0.4, -0.2) is 48.8 Å². The summed E-state index contributed by atoms with van der Waals surface area (Å²) >= 11 is 1.64. The Balaban J connectivity index is 1.89. The third kappa shape index (κ3) is 6.21. The van der Waals surface area contributed by atoms with Crippen LogP contribution in [0.4, 0.5) is 5.69 Å². The second kappa shape index (κ2) is 10.3. The van der Waals surface area contributed by atoms with Gasteiger partial charge < -0.3 is 10.1 Å². The number of thioether (sulfide) groups is 1. The minimum absolute atomic E-state index is 0.0591. The molecule has 1 aliphatic heterocycles. The van der Waals surface area contributed by atoms with Gasteiger partial charge >= 0.3 is 5.97 Å². The lowest BCUT2D eigenvalue weighted by molar-refractivity contribution is -0.150. The number of carbonyl (C=O) groups excluding carboxylic acids is 2. The average Bonchev–Trinajstić information content (AvgIpc) is 2.61. The Morgan fingerprint density at radius 1 is 1.44 bits per heavy atom. The molecule has 1 fully saturated rings. The molecule has 1 aromatic carbocycles. The van der Waals surface area contributed by atoms with Gasteiger partial charge in [-0.15, -0.1) is 18.3 Å². The van der Waals surface area contributed by atoms with E-state index in [1.165, 1.54) is 0 Å². The molecule has 0 saturated carbocycles. The zero-order valence-electron chi connectivity index (χ0n) is 14.7. The minimum Gasteiger partial charge on any atom is -0.466 e. The molecule has 1 aliphatic rings. The average molecular weight is 362 g/mol. The third-order valence-electron chi connectivity index (χ3n) is 4.01. The van der Waals surface area contributed by atoms with Gasteiger partial charge in [0.1, 0.15) is 0 Å². The normalized spacial score (nSPS) is 17.7. The van der Waals surface area contributed by atoms with Crippen LogP contribution in [0.25, 0.3) is 0 Å². The van der Waals surface area contributed by atoms with Gasteiger partial charge in [-0.25, -0.2) is 0 Å². The highest BCUT2D eigenvalue weighted by atomic mass is 32.2. The van der Waals surface area contributed by atoms with E-state index in [1.54, 1.807) is 11.8 Å². The molecular weight excluding hydrogens is 336 g/mol. The first-order chi connectivity index (χ1) is 12.1. The number of nitrogens with zero attached hydrogens (tertiary/aromatic N) is 1. The first kappa shape index (κ1) is 19.5. The molecule has 0 unspecified atom stereocenters. The second-order valence-corrected chi connectivity index (χ2v) is 7.03. The predicted molar refractivity (Wildman–Crippen MR) is 102 cm³/mol. The monoisotopic (exact) mass is 362 g/mol. The van der Waals surface area contributed by atoms with E-state index in [4.69, 9.17) is 4.74 Å². The van der Waals surface area contributed by atoms with Crippen LogP contribution in [-0.2, 0) is 14.3 Å². The number of hydrogen-bond donors (Lipinski definition) is 1. The number of hydrogen-bond acceptors (Lipinski definition) is 5. The number of nitrogens with one attached hydrogen (secondary N) is 1. The van der Waals surface area contributed by atoms with Gasteiger partial charge in [-0.3, -0.25) is 14.5 Å². The number of esters is 1. The van der Waals surface area contributed by atoms with Crippen LogP contribution >= 0.6 is 11.8 Å². The zero-order chi connectivity index (χ0) is 18.1. The number of piperidine rings is 1. The first-order valence-electron chi connectivity index (χ1n) is 8.65. The number of carbonyl (C=O) groups is 2. The molecule has 25 heavy (non-hydrogen) atoms. The lowest BCUT2D eigenvalue weighted by Gasteiger charge is -2.30. The van der Waals surface area contributed by atoms with E-state index in [2.05, 4.69) is 11.9 Å². The van der Waals surface area contributed by atoms with Gasteiger partial charge in [0.2, 0.25) is 5.91 Å². The van der Waals surface area contributed by atoms with E-state index in [0.29, 0.717) is 13.2 Å². The van der Waals surface area contributed by atoms with Crippen molar-refractivity contribution in [2.45, 2.75) is 24.7 Å². The predicted octanol–water partition coefficient (Wildman–Crippen LogP) is 3.18. The van der Waals surface area contributed by atoms with Crippen molar-refractivity contribution in [1.82, 2.24) is 4.90 Å². The van der Waals surface area contributed by atoms with E-state index in [9.17, 15) is 9.59 Å². The van der Waals surface area contributed by atoms with Crippen LogP contribution in [0.2, 0.25) is 0 Å². The summed E-state index contributed by atoms with van der Waals surface area (Å²) in [6.45, 7) is 7.64. The molecule has 1 saturated heterocycles. The van der Waals surface area contributed by atoms with Gasteiger partial charge in [-0.1, -0.05) is 18.2 Å². The summed E-state index contributed by atoms with van der Waals surface area (Å²) in [5.41, 5.74) is 0.818. The van der Waals surface area contributed by atoms with Gasteiger partial charge in [0, 0.05) is 17.2 Å². The number of amides is 1. The molecular formula is C19H26N2O3S. The molecule has 136 valence electrons. The van der Waals surface area contributed by atoms with Crippen molar-refractivity contribution in [3.63, 3.8) is 0 Å². The van der Waals surface area contributed by atoms with E-state index in [-0.39, 0.29) is 24.3 Å². The molecule has 0 aliphatic carbocycles. The van der Waals surface area contributed by atoms with Crippen LogP contribution < -0.4 is 5.32 Å². The summed E-state index contributed by atoms with van der Waals surface area (Å²) in [4.78, 5) is 27.4. The number of benzene rings is 1. The lowest BCUT2D eigenvalue weighted by Crippen LogP contribution is -2.43. The summed E-state index contributed by atoms with van der Waals surface area (Å²) in [7, 11) is 0. The van der Waals surface area contributed by atoms with Crippen LogP contribution in [0.5, 0.6) is 0 Å². The molecule has 1 amide bonds. The number of likely N-dealkylation sites (tertiary alicyclic amines) is 1. The number of para-hydroxylation sites is 1. The Kier molecular flexibility index (Phi) is 8.01. The van der Waals surface area contributed by atoms with Crippen LogP contribution in [0, 0.1) is 5.92 Å². The summed E-state index contributed by atoms with van der Waals surface area (Å²) in [6.07, 6.45) is 3.58. The van der Waals surface area contributed by atoms with Crippen molar-refractivity contribution < 1.29 is 14.3 Å². The van der Waals surface area contributed by atoms with Gasteiger partial charge in [-0.2, -0.15) is 0 Å². The maximum absolute atomic E-state index is 12.4. The Morgan fingerprint density at radius 3 is 3.00 bits per heavy atom. The second-order valence-electron chi connectivity index (χ2n) is 5.97. The fourth-order valence-electron chi connectivity index (χ4n) is 2.89. The number of ether oxygens (including phenoxy) is 1. The highest BCUT2D eigenvalue weighted by molar-refractivity contribution is 7.99. The Labute approximate surface area is 153 Å². The van der Waals surface area contributed by atoms with Crippen molar-refractivity contribution >= 4 is 29.3 Å². The van der Waals surface area contributed by atoms with Crippen molar-refractivity contribution in [3.8, 4) is 0 Å². The standard InChI is InChI=1S/C19H26N2O3S/c1-3-12-25-17-10-6-5-9-16(17)20-18(22)14-21-11-7-8-15(13-21)19(23)24-4-2/h3,5-6,9-10,15H,1,4,7-8,11-14H2,2H3,(H,20,22)/t15-/m1/s1. The van der Waals surface area contributed by atoms with E-state index < -0.39 is 0 Å². The van der Waals surface area contributed by atoms with E-state index in [0.717, 1.165) is 35.7 Å².